The van der Waals surface area contributed by atoms with Gasteiger partial charge in [0.25, 0.3) is 0 Å². The molecule has 0 amide bonds. The summed E-state index contributed by atoms with van der Waals surface area (Å²) in [4.78, 5) is 14.1. The molecular formula is C26H32N6O5. The third kappa shape index (κ3) is 4.72. The van der Waals surface area contributed by atoms with Crippen LogP contribution in [-0.4, -0.2) is 58.8 Å². The minimum Gasteiger partial charge on any atom is -0.497 e. The van der Waals surface area contributed by atoms with Crippen molar-refractivity contribution in [3.05, 3.63) is 47.7 Å². The van der Waals surface area contributed by atoms with Crippen LogP contribution in [0.25, 0.3) is 17.2 Å². The highest BCUT2D eigenvalue weighted by atomic mass is 16.7. The van der Waals surface area contributed by atoms with Crippen molar-refractivity contribution in [3.63, 3.8) is 0 Å². The van der Waals surface area contributed by atoms with Gasteiger partial charge in [-0.3, -0.25) is 0 Å². The standard InChI is InChI=1S/C26H32N6O5/c1-16-21(25-27-11-12-37-25)29-23(28-15-18-8-9-19(33-2)13-20(18)34-3)24-30-22(31-32(16)24)17-7-6-10-26(14-17,35-4)36-5/h8-9,11-13,17H,6-7,10,14-15H2,1-5H3,(H,28,29). The number of hydrogen-bond acceptors (Lipinski definition) is 10. The second-order valence-corrected chi connectivity index (χ2v) is 9.08. The summed E-state index contributed by atoms with van der Waals surface area (Å²) >= 11 is 0. The Bertz CT molecular complexity index is 1370. The van der Waals surface area contributed by atoms with Crippen LogP contribution in [0.1, 0.15) is 48.7 Å². The van der Waals surface area contributed by atoms with E-state index in [-0.39, 0.29) is 5.92 Å². The van der Waals surface area contributed by atoms with Gasteiger partial charge in [0.05, 0.1) is 26.1 Å². The van der Waals surface area contributed by atoms with Gasteiger partial charge in [-0.05, 0) is 31.9 Å². The first-order chi connectivity index (χ1) is 18.0. The molecule has 0 radical (unpaired) electrons. The zero-order chi connectivity index (χ0) is 26.0. The largest absolute Gasteiger partial charge is 0.497 e. The second kappa shape index (κ2) is 10.3. The zero-order valence-corrected chi connectivity index (χ0v) is 21.8. The van der Waals surface area contributed by atoms with Crippen LogP contribution in [0, 0.1) is 6.92 Å². The highest BCUT2D eigenvalue weighted by molar-refractivity contribution is 5.68. The van der Waals surface area contributed by atoms with Crippen molar-refractivity contribution in [2.75, 3.05) is 33.8 Å². The molecule has 1 aliphatic carbocycles. The summed E-state index contributed by atoms with van der Waals surface area (Å²) < 4.78 is 29.8. The molecule has 1 unspecified atom stereocenters. The maximum atomic E-state index is 5.74. The number of methoxy groups -OCH3 is 4. The van der Waals surface area contributed by atoms with Gasteiger partial charge in [0.15, 0.2) is 23.1 Å². The normalized spacial score (nSPS) is 17.2. The van der Waals surface area contributed by atoms with E-state index in [1.54, 1.807) is 34.6 Å². The molecule has 0 saturated heterocycles. The Hall–Kier alpha value is -3.70. The van der Waals surface area contributed by atoms with E-state index in [1.165, 1.54) is 6.26 Å². The summed E-state index contributed by atoms with van der Waals surface area (Å²) in [7, 11) is 6.64. The molecule has 1 N–H and O–H groups in total. The minimum absolute atomic E-state index is 0.0904. The zero-order valence-electron chi connectivity index (χ0n) is 21.8. The van der Waals surface area contributed by atoms with Crippen molar-refractivity contribution in [1.29, 1.82) is 0 Å². The molecule has 11 heteroatoms. The third-order valence-corrected chi connectivity index (χ3v) is 7.07. The Kier molecular flexibility index (Phi) is 6.98. The summed E-state index contributed by atoms with van der Waals surface area (Å²) in [6.07, 6.45) is 6.57. The maximum Gasteiger partial charge on any atom is 0.246 e. The predicted octanol–water partition coefficient (Wildman–Crippen LogP) is 4.36. The van der Waals surface area contributed by atoms with Gasteiger partial charge >= 0.3 is 0 Å². The lowest BCUT2D eigenvalue weighted by molar-refractivity contribution is -0.226. The van der Waals surface area contributed by atoms with Crippen LogP contribution in [0.2, 0.25) is 0 Å². The third-order valence-electron chi connectivity index (χ3n) is 7.07. The fraction of sp³-hybridized carbons (Fsp3) is 0.462. The Morgan fingerprint density at radius 3 is 2.68 bits per heavy atom. The van der Waals surface area contributed by atoms with E-state index >= 15 is 0 Å². The molecule has 3 aromatic heterocycles. The highest BCUT2D eigenvalue weighted by Gasteiger charge is 2.39. The van der Waals surface area contributed by atoms with Crippen molar-refractivity contribution in [3.8, 4) is 23.1 Å². The molecule has 196 valence electrons. The lowest BCUT2D eigenvalue weighted by Gasteiger charge is -2.37. The fourth-order valence-electron chi connectivity index (χ4n) is 4.94. The van der Waals surface area contributed by atoms with Gasteiger partial charge in [-0.1, -0.05) is 0 Å². The van der Waals surface area contributed by atoms with Gasteiger partial charge in [-0.25, -0.2) is 19.5 Å². The van der Waals surface area contributed by atoms with Crippen LogP contribution >= 0.6 is 0 Å². The molecule has 11 nitrogen and oxygen atoms in total. The molecule has 1 atom stereocenters. The van der Waals surface area contributed by atoms with Gasteiger partial charge in [-0.2, -0.15) is 5.10 Å². The maximum absolute atomic E-state index is 5.74. The number of rotatable bonds is 9. The number of ether oxygens (including phenoxy) is 4. The van der Waals surface area contributed by atoms with Crippen LogP contribution < -0.4 is 14.8 Å². The molecule has 37 heavy (non-hydrogen) atoms. The van der Waals surface area contributed by atoms with Crippen molar-refractivity contribution < 1.29 is 23.4 Å². The number of nitrogens with one attached hydrogen (secondary N) is 1. The molecule has 1 aliphatic rings. The first-order valence-corrected chi connectivity index (χ1v) is 12.2. The van der Waals surface area contributed by atoms with E-state index in [1.807, 2.05) is 29.6 Å². The average molecular weight is 509 g/mol. The van der Waals surface area contributed by atoms with Crippen LogP contribution in [0.5, 0.6) is 11.5 Å². The summed E-state index contributed by atoms with van der Waals surface area (Å²) in [6, 6.07) is 5.70. The lowest BCUT2D eigenvalue weighted by Crippen LogP contribution is -2.38. The molecule has 3 heterocycles. The van der Waals surface area contributed by atoms with Crippen molar-refractivity contribution in [2.24, 2.45) is 0 Å². The quantitative estimate of drug-likeness (QED) is 0.327. The summed E-state index contributed by atoms with van der Waals surface area (Å²) in [5.74, 6) is 2.62. The fourth-order valence-corrected chi connectivity index (χ4v) is 4.94. The van der Waals surface area contributed by atoms with E-state index in [0.29, 0.717) is 41.8 Å². The number of fused-ring (bicyclic) bond motifs is 1. The molecule has 4 aromatic rings. The Balaban J connectivity index is 1.54. The minimum atomic E-state index is -0.622. The van der Waals surface area contributed by atoms with Crippen molar-refractivity contribution in [1.82, 2.24) is 24.6 Å². The molecule has 0 bridgehead atoms. The number of aryl methyl sites for hydroxylation is 1. The molecular weight excluding hydrogens is 476 g/mol. The van der Waals surface area contributed by atoms with E-state index in [9.17, 15) is 0 Å². The van der Waals surface area contributed by atoms with E-state index in [0.717, 1.165) is 42.1 Å². The monoisotopic (exact) mass is 508 g/mol. The number of hydrogen-bond donors (Lipinski definition) is 1. The van der Waals surface area contributed by atoms with E-state index in [2.05, 4.69) is 10.3 Å². The second-order valence-electron chi connectivity index (χ2n) is 9.08. The van der Waals surface area contributed by atoms with Crippen LogP contribution in [-0.2, 0) is 16.0 Å². The molecule has 1 saturated carbocycles. The Morgan fingerprint density at radius 1 is 1.14 bits per heavy atom. The molecule has 5 rings (SSSR count). The topological polar surface area (TPSA) is 118 Å². The van der Waals surface area contributed by atoms with Crippen LogP contribution in [0.4, 0.5) is 5.82 Å². The van der Waals surface area contributed by atoms with E-state index in [4.69, 9.17) is 38.4 Å². The summed E-state index contributed by atoms with van der Waals surface area (Å²) in [6.45, 7) is 2.38. The molecule has 1 fully saturated rings. The molecule has 0 aliphatic heterocycles. The van der Waals surface area contributed by atoms with Gasteiger partial charge in [0.1, 0.15) is 23.5 Å². The Morgan fingerprint density at radius 2 is 1.97 bits per heavy atom. The lowest BCUT2D eigenvalue weighted by atomic mass is 9.84. The number of benzene rings is 1. The highest BCUT2D eigenvalue weighted by Crippen LogP contribution is 2.40. The predicted molar refractivity (Wildman–Crippen MR) is 136 cm³/mol. The number of aromatic nitrogens is 5. The van der Waals surface area contributed by atoms with Gasteiger partial charge < -0.3 is 28.7 Å². The van der Waals surface area contributed by atoms with Crippen LogP contribution in [0.15, 0.2) is 35.1 Å². The first kappa shape index (κ1) is 25.0. The van der Waals surface area contributed by atoms with Gasteiger partial charge in [0, 0.05) is 51.2 Å². The first-order valence-electron chi connectivity index (χ1n) is 12.2. The summed E-state index contributed by atoms with van der Waals surface area (Å²) in [5, 5.41) is 8.34. The SMILES string of the molecule is COc1ccc(CNc2nc(-c3ncco3)c(C)n3nc(C4CCCC(OC)(OC)C4)nc23)c(OC)c1. The van der Waals surface area contributed by atoms with Crippen LogP contribution in [0.3, 0.4) is 0 Å². The number of anilines is 1. The average Bonchev–Trinajstić information content (AvgIpc) is 3.64. The van der Waals surface area contributed by atoms with Gasteiger partial charge in [-0.15, -0.1) is 0 Å². The van der Waals surface area contributed by atoms with Gasteiger partial charge in [0.2, 0.25) is 5.89 Å². The van der Waals surface area contributed by atoms with Crippen molar-refractivity contribution in [2.45, 2.75) is 50.9 Å². The summed E-state index contributed by atoms with van der Waals surface area (Å²) in [5.41, 5.74) is 2.94. The molecule has 0 spiro atoms. The smallest absolute Gasteiger partial charge is 0.246 e. The Labute approximate surface area is 215 Å². The number of nitrogens with zero attached hydrogens (tertiary/aromatic N) is 5. The molecule has 1 aromatic carbocycles. The number of oxazole rings is 1. The van der Waals surface area contributed by atoms with E-state index < -0.39 is 5.79 Å². The van der Waals surface area contributed by atoms with Crippen molar-refractivity contribution >= 4 is 11.5 Å².